The minimum atomic E-state index is -0.242. The molecule has 2 rings (SSSR count). The van der Waals surface area contributed by atoms with Crippen LogP contribution in [-0.4, -0.2) is 25.7 Å². The molecule has 1 amide bonds. The fraction of sp³-hybridized carbons (Fsp3) is 0.533. The van der Waals surface area contributed by atoms with Crippen molar-refractivity contribution in [2.75, 3.05) is 19.8 Å². The van der Waals surface area contributed by atoms with E-state index in [2.05, 4.69) is 5.32 Å². The van der Waals surface area contributed by atoms with Crippen molar-refractivity contribution in [2.45, 2.75) is 25.3 Å². The molecular formula is C15H23ClN2O2. The Morgan fingerprint density at radius 1 is 1.35 bits per heavy atom. The first kappa shape index (κ1) is 17.0. The van der Waals surface area contributed by atoms with Crippen LogP contribution in [0.2, 0.25) is 0 Å². The van der Waals surface area contributed by atoms with Crippen LogP contribution in [0.4, 0.5) is 0 Å². The van der Waals surface area contributed by atoms with Crippen molar-refractivity contribution in [2.24, 2.45) is 11.7 Å². The topological polar surface area (TPSA) is 64.4 Å². The third kappa shape index (κ3) is 6.37. The lowest BCUT2D eigenvalue weighted by Crippen LogP contribution is -2.30. The van der Waals surface area contributed by atoms with Gasteiger partial charge in [0.1, 0.15) is 0 Å². The van der Waals surface area contributed by atoms with Crippen molar-refractivity contribution < 1.29 is 9.53 Å². The normalized spacial score (nSPS) is 15.2. The van der Waals surface area contributed by atoms with Crippen molar-refractivity contribution in [1.82, 2.24) is 5.32 Å². The quantitative estimate of drug-likeness (QED) is 0.722. The molecule has 1 aliphatic rings. The van der Waals surface area contributed by atoms with Gasteiger partial charge in [-0.3, -0.25) is 4.79 Å². The molecule has 0 heterocycles. The van der Waals surface area contributed by atoms with Crippen LogP contribution >= 0.6 is 12.4 Å². The fourth-order valence-electron chi connectivity index (χ4n) is 1.89. The molecule has 0 bridgehead atoms. The highest BCUT2D eigenvalue weighted by atomic mass is 35.5. The molecule has 4 nitrogen and oxygen atoms in total. The molecule has 0 saturated heterocycles. The molecule has 1 saturated carbocycles. The number of hydrogen-bond acceptors (Lipinski definition) is 3. The zero-order valence-corrected chi connectivity index (χ0v) is 12.4. The number of ether oxygens (including phenoxy) is 1. The lowest BCUT2D eigenvalue weighted by atomic mass is 10.0. The largest absolute Gasteiger partial charge is 0.379 e. The SMILES string of the molecule is Cl.NC(CC(=O)NCCOCC1CC1)c1ccccc1. The third-order valence-corrected chi connectivity index (χ3v) is 3.25. The van der Waals surface area contributed by atoms with E-state index in [0.717, 1.165) is 18.1 Å². The van der Waals surface area contributed by atoms with Gasteiger partial charge in [0.15, 0.2) is 0 Å². The molecule has 1 aliphatic carbocycles. The van der Waals surface area contributed by atoms with Crippen molar-refractivity contribution in [3.05, 3.63) is 35.9 Å². The maximum absolute atomic E-state index is 11.7. The van der Waals surface area contributed by atoms with Gasteiger partial charge in [-0.15, -0.1) is 12.4 Å². The van der Waals surface area contributed by atoms with E-state index in [0.29, 0.717) is 19.6 Å². The summed E-state index contributed by atoms with van der Waals surface area (Å²) < 4.78 is 5.45. The molecule has 0 aromatic heterocycles. The Balaban J connectivity index is 0.00000200. The van der Waals surface area contributed by atoms with Gasteiger partial charge in [-0.2, -0.15) is 0 Å². The molecule has 20 heavy (non-hydrogen) atoms. The molecule has 1 atom stereocenters. The van der Waals surface area contributed by atoms with E-state index < -0.39 is 0 Å². The smallest absolute Gasteiger partial charge is 0.221 e. The average molecular weight is 299 g/mol. The van der Waals surface area contributed by atoms with Crippen molar-refractivity contribution >= 4 is 18.3 Å². The van der Waals surface area contributed by atoms with Gasteiger partial charge in [0.2, 0.25) is 5.91 Å². The Morgan fingerprint density at radius 3 is 2.70 bits per heavy atom. The second-order valence-electron chi connectivity index (χ2n) is 5.09. The van der Waals surface area contributed by atoms with Gasteiger partial charge in [0, 0.05) is 25.6 Å². The predicted octanol–water partition coefficient (Wildman–Crippen LogP) is 2.04. The molecule has 0 radical (unpaired) electrons. The zero-order valence-electron chi connectivity index (χ0n) is 11.6. The van der Waals surface area contributed by atoms with E-state index in [9.17, 15) is 4.79 Å². The van der Waals surface area contributed by atoms with E-state index in [1.54, 1.807) is 0 Å². The number of carbonyl (C=O) groups is 1. The number of rotatable bonds is 8. The van der Waals surface area contributed by atoms with Crippen LogP contribution in [0.5, 0.6) is 0 Å². The number of hydrogen-bond donors (Lipinski definition) is 2. The highest BCUT2D eigenvalue weighted by molar-refractivity contribution is 5.85. The van der Waals surface area contributed by atoms with Crippen LogP contribution in [-0.2, 0) is 9.53 Å². The molecule has 0 aliphatic heterocycles. The van der Waals surface area contributed by atoms with Crippen LogP contribution in [0.3, 0.4) is 0 Å². The van der Waals surface area contributed by atoms with Gasteiger partial charge in [-0.25, -0.2) is 0 Å². The van der Waals surface area contributed by atoms with Crippen molar-refractivity contribution in [1.29, 1.82) is 0 Å². The Kier molecular flexibility index (Phi) is 7.59. The lowest BCUT2D eigenvalue weighted by Gasteiger charge is -2.12. The summed E-state index contributed by atoms with van der Waals surface area (Å²) >= 11 is 0. The minimum absolute atomic E-state index is 0. The zero-order chi connectivity index (χ0) is 13.5. The molecular weight excluding hydrogens is 276 g/mol. The molecule has 5 heteroatoms. The molecule has 1 fully saturated rings. The summed E-state index contributed by atoms with van der Waals surface area (Å²) in [5, 5.41) is 2.83. The molecule has 1 unspecified atom stereocenters. The Hall–Kier alpha value is -1.10. The van der Waals surface area contributed by atoms with Gasteiger partial charge >= 0.3 is 0 Å². The summed E-state index contributed by atoms with van der Waals surface area (Å²) in [6.45, 7) is 1.98. The van der Waals surface area contributed by atoms with Gasteiger partial charge in [-0.05, 0) is 24.3 Å². The minimum Gasteiger partial charge on any atom is -0.379 e. The van der Waals surface area contributed by atoms with Gasteiger partial charge in [0.05, 0.1) is 6.61 Å². The molecule has 0 spiro atoms. The third-order valence-electron chi connectivity index (χ3n) is 3.25. The molecule has 3 N–H and O–H groups in total. The van der Waals surface area contributed by atoms with Crippen LogP contribution in [0.25, 0.3) is 0 Å². The summed E-state index contributed by atoms with van der Waals surface area (Å²) in [4.78, 5) is 11.7. The summed E-state index contributed by atoms with van der Waals surface area (Å²) in [5.74, 6) is 0.744. The van der Waals surface area contributed by atoms with Gasteiger partial charge in [-0.1, -0.05) is 30.3 Å². The summed E-state index contributed by atoms with van der Waals surface area (Å²) in [6.07, 6.45) is 2.89. The van der Waals surface area contributed by atoms with E-state index in [1.165, 1.54) is 12.8 Å². The summed E-state index contributed by atoms with van der Waals surface area (Å²) in [6, 6.07) is 9.44. The maximum atomic E-state index is 11.7. The van der Waals surface area contributed by atoms with Gasteiger partial charge < -0.3 is 15.8 Å². The maximum Gasteiger partial charge on any atom is 0.221 e. The predicted molar refractivity (Wildman–Crippen MR) is 81.8 cm³/mol. The Bertz CT molecular complexity index is 396. The molecule has 112 valence electrons. The van der Waals surface area contributed by atoms with Gasteiger partial charge in [0.25, 0.3) is 0 Å². The first-order valence-corrected chi connectivity index (χ1v) is 6.90. The number of benzene rings is 1. The second-order valence-corrected chi connectivity index (χ2v) is 5.09. The van der Waals surface area contributed by atoms with E-state index in [1.807, 2.05) is 30.3 Å². The fourth-order valence-corrected chi connectivity index (χ4v) is 1.89. The first-order valence-electron chi connectivity index (χ1n) is 6.90. The summed E-state index contributed by atoms with van der Waals surface area (Å²) in [5.41, 5.74) is 6.97. The standard InChI is InChI=1S/C15H22N2O2.ClH/c16-14(13-4-2-1-3-5-13)10-15(18)17-8-9-19-11-12-6-7-12;/h1-5,12,14H,6-11,16H2,(H,17,18);1H. The molecule has 1 aromatic rings. The lowest BCUT2D eigenvalue weighted by molar-refractivity contribution is -0.121. The Labute approximate surface area is 126 Å². The second kappa shape index (κ2) is 8.95. The van der Waals surface area contributed by atoms with E-state index in [4.69, 9.17) is 10.5 Å². The number of carbonyl (C=O) groups excluding carboxylic acids is 1. The van der Waals surface area contributed by atoms with Crippen molar-refractivity contribution in [3.63, 3.8) is 0 Å². The first-order chi connectivity index (χ1) is 9.25. The monoisotopic (exact) mass is 298 g/mol. The van der Waals surface area contributed by atoms with Crippen molar-refractivity contribution in [3.8, 4) is 0 Å². The highest BCUT2D eigenvalue weighted by Gasteiger charge is 2.20. The highest BCUT2D eigenvalue weighted by Crippen LogP contribution is 2.28. The van der Waals surface area contributed by atoms with Crippen LogP contribution in [0, 0.1) is 5.92 Å². The number of halogens is 1. The van der Waals surface area contributed by atoms with Crippen LogP contribution in [0.15, 0.2) is 30.3 Å². The molecule has 1 aromatic carbocycles. The number of amides is 1. The van der Waals surface area contributed by atoms with E-state index >= 15 is 0 Å². The summed E-state index contributed by atoms with van der Waals surface area (Å²) in [7, 11) is 0. The van der Waals surface area contributed by atoms with Crippen LogP contribution < -0.4 is 11.1 Å². The number of nitrogens with two attached hydrogens (primary N) is 1. The van der Waals surface area contributed by atoms with Crippen LogP contribution in [0.1, 0.15) is 30.9 Å². The van der Waals surface area contributed by atoms with E-state index in [-0.39, 0.29) is 24.4 Å². The number of nitrogens with one attached hydrogen (secondary N) is 1. The Morgan fingerprint density at radius 2 is 2.05 bits per heavy atom. The average Bonchev–Trinajstić information content (AvgIpc) is 3.23.